The highest BCUT2D eigenvalue weighted by atomic mass is 16.6. The summed E-state index contributed by atoms with van der Waals surface area (Å²) in [4.78, 5) is 27.3. The highest BCUT2D eigenvalue weighted by Gasteiger charge is 2.33. The molecule has 1 aromatic rings. The number of nitrogens with zero attached hydrogens (tertiary/aromatic N) is 2. The van der Waals surface area contributed by atoms with Gasteiger partial charge in [-0.25, -0.2) is 4.79 Å². The lowest BCUT2D eigenvalue weighted by Gasteiger charge is -2.28. The number of piperidine rings is 1. The first-order chi connectivity index (χ1) is 11.1. The lowest BCUT2D eigenvalue weighted by atomic mass is 10.1. The second-order valence-corrected chi connectivity index (χ2v) is 5.71. The molecule has 0 spiro atoms. The van der Waals surface area contributed by atoms with E-state index in [2.05, 4.69) is 0 Å². The van der Waals surface area contributed by atoms with E-state index in [-0.39, 0.29) is 18.6 Å². The van der Waals surface area contributed by atoms with Gasteiger partial charge in [0.05, 0.1) is 19.3 Å². The van der Waals surface area contributed by atoms with Crippen LogP contribution in [0, 0.1) is 0 Å². The molecular weight excluding hydrogens is 298 g/mol. The Hall–Kier alpha value is -2.28. The molecular formula is C16H21N3O4. The van der Waals surface area contributed by atoms with Crippen LogP contribution in [0.2, 0.25) is 0 Å². The standard InChI is InChI=1S/C16H21N3O4/c1-22-14-8-11(18-7-3-2-4-15(18)20)5-6-13(14)19-10-12(9-17)23-16(19)21/h5-6,8,12H,2-4,7,9-10,17H2,1H3. The van der Waals surface area contributed by atoms with Gasteiger partial charge in [-0.1, -0.05) is 0 Å². The van der Waals surface area contributed by atoms with Gasteiger partial charge in [0.1, 0.15) is 11.9 Å². The molecule has 1 atom stereocenters. The Morgan fingerprint density at radius 3 is 2.78 bits per heavy atom. The van der Waals surface area contributed by atoms with Crippen LogP contribution in [0.4, 0.5) is 16.2 Å². The first-order valence-corrected chi connectivity index (χ1v) is 7.80. The molecule has 2 aliphatic heterocycles. The van der Waals surface area contributed by atoms with Gasteiger partial charge in [0.15, 0.2) is 0 Å². The van der Waals surface area contributed by atoms with Crippen LogP contribution in [0.25, 0.3) is 0 Å². The molecule has 7 heteroatoms. The zero-order chi connectivity index (χ0) is 16.4. The summed E-state index contributed by atoms with van der Waals surface area (Å²) < 4.78 is 10.6. The van der Waals surface area contributed by atoms with E-state index in [1.807, 2.05) is 6.07 Å². The molecule has 1 aromatic carbocycles. The summed E-state index contributed by atoms with van der Waals surface area (Å²) in [7, 11) is 1.54. The largest absolute Gasteiger partial charge is 0.494 e. The van der Waals surface area contributed by atoms with Crippen molar-refractivity contribution in [2.75, 3.05) is 36.5 Å². The second-order valence-electron chi connectivity index (χ2n) is 5.71. The maximum Gasteiger partial charge on any atom is 0.414 e. The van der Waals surface area contributed by atoms with Crippen LogP contribution in [0.3, 0.4) is 0 Å². The van der Waals surface area contributed by atoms with Gasteiger partial charge in [0, 0.05) is 31.3 Å². The number of hydrogen-bond donors (Lipinski definition) is 1. The third-order valence-corrected chi connectivity index (χ3v) is 4.23. The van der Waals surface area contributed by atoms with E-state index in [0.717, 1.165) is 18.5 Å². The molecule has 3 rings (SSSR count). The van der Waals surface area contributed by atoms with Crippen molar-refractivity contribution in [3.05, 3.63) is 18.2 Å². The monoisotopic (exact) mass is 319 g/mol. The quantitative estimate of drug-likeness (QED) is 0.909. The van der Waals surface area contributed by atoms with Crippen molar-refractivity contribution >= 4 is 23.4 Å². The molecule has 0 aromatic heterocycles. The number of cyclic esters (lactones) is 1. The molecule has 7 nitrogen and oxygen atoms in total. The summed E-state index contributed by atoms with van der Waals surface area (Å²) in [6, 6.07) is 5.42. The van der Waals surface area contributed by atoms with Crippen LogP contribution in [-0.2, 0) is 9.53 Å². The van der Waals surface area contributed by atoms with E-state index >= 15 is 0 Å². The number of nitrogens with two attached hydrogens (primary N) is 1. The molecule has 0 radical (unpaired) electrons. The fourth-order valence-electron chi connectivity index (χ4n) is 2.98. The van der Waals surface area contributed by atoms with E-state index < -0.39 is 6.09 Å². The van der Waals surface area contributed by atoms with Crippen molar-refractivity contribution < 1.29 is 19.1 Å². The van der Waals surface area contributed by atoms with Crippen LogP contribution in [-0.4, -0.2) is 44.8 Å². The minimum Gasteiger partial charge on any atom is -0.494 e. The van der Waals surface area contributed by atoms with Gasteiger partial charge < -0.3 is 20.1 Å². The third kappa shape index (κ3) is 2.96. The topological polar surface area (TPSA) is 85.1 Å². The number of benzene rings is 1. The molecule has 2 aliphatic rings. The molecule has 0 saturated carbocycles. The Morgan fingerprint density at radius 2 is 2.13 bits per heavy atom. The summed E-state index contributed by atoms with van der Waals surface area (Å²) in [6.45, 7) is 1.39. The van der Waals surface area contributed by atoms with Crippen LogP contribution in [0.15, 0.2) is 18.2 Å². The van der Waals surface area contributed by atoms with Gasteiger partial charge in [-0.05, 0) is 25.0 Å². The van der Waals surface area contributed by atoms with Crippen molar-refractivity contribution in [1.29, 1.82) is 0 Å². The van der Waals surface area contributed by atoms with E-state index in [4.69, 9.17) is 15.2 Å². The minimum absolute atomic E-state index is 0.120. The predicted octanol–water partition coefficient (Wildman–Crippen LogP) is 1.50. The van der Waals surface area contributed by atoms with Crippen molar-refractivity contribution in [3.63, 3.8) is 0 Å². The predicted molar refractivity (Wildman–Crippen MR) is 85.9 cm³/mol. The SMILES string of the molecule is COc1cc(N2CCCCC2=O)ccc1N1CC(CN)OC1=O. The third-order valence-electron chi connectivity index (χ3n) is 4.23. The van der Waals surface area contributed by atoms with Gasteiger partial charge in [0.25, 0.3) is 0 Å². The Morgan fingerprint density at radius 1 is 1.30 bits per heavy atom. The van der Waals surface area contributed by atoms with Crippen molar-refractivity contribution in [3.8, 4) is 5.75 Å². The van der Waals surface area contributed by atoms with Gasteiger partial charge in [-0.2, -0.15) is 0 Å². The Labute approximate surface area is 134 Å². The second kappa shape index (κ2) is 6.45. The molecule has 2 N–H and O–H groups in total. The summed E-state index contributed by atoms with van der Waals surface area (Å²) in [5, 5.41) is 0. The van der Waals surface area contributed by atoms with E-state index in [1.54, 1.807) is 24.1 Å². The number of anilines is 2. The highest BCUT2D eigenvalue weighted by molar-refractivity contribution is 5.96. The average Bonchev–Trinajstić information content (AvgIpc) is 2.95. The van der Waals surface area contributed by atoms with Gasteiger partial charge >= 0.3 is 6.09 Å². The van der Waals surface area contributed by atoms with Crippen molar-refractivity contribution in [1.82, 2.24) is 0 Å². The summed E-state index contributed by atoms with van der Waals surface area (Å²) >= 11 is 0. The van der Waals surface area contributed by atoms with Crippen LogP contribution in [0.1, 0.15) is 19.3 Å². The van der Waals surface area contributed by atoms with Crippen molar-refractivity contribution in [2.45, 2.75) is 25.4 Å². The van der Waals surface area contributed by atoms with Crippen LogP contribution < -0.4 is 20.3 Å². The molecule has 2 amide bonds. The lowest BCUT2D eigenvalue weighted by Crippen LogP contribution is -2.35. The number of ether oxygens (including phenoxy) is 2. The Bertz CT molecular complexity index is 619. The molecule has 2 saturated heterocycles. The molecule has 0 bridgehead atoms. The Balaban J connectivity index is 1.88. The number of hydrogen-bond acceptors (Lipinski definition) is 5. The van der Waals surface area contributed by atoms with Gasteiger partial charge in [-0.15, -0.1) is 0 Å². The van der Waals surface area contributed by atoms with Crippen molar-refractivity contribution in [2.24, 2.45) is 5.73 Å². The highest BCUT2D eigenvalue weighted by Crippen LogP contribution is 2.35. The number of rotatable bonds is 4. The number of carbonyl (C=O) groups is 2. The van der Waals surface area contributed by atoms with E-state index in [9.17, 15) is 9.59 Å². The molecule has 1 unspecified atom stereocenters. The number of methoxy groups -OCH3 is 1. The molecule has 2 heterocycles. The maximum absolute atomic E-state index is 12.1. The zero-order valence-electron chi connectivity index (χ0n) is 13.2. The summed E-state index contributed by atoms with van der Waals surface area (Å²) in [6.07, 6.45) is 1.76. The van der Waals surface area contributed by atoms with E-state index in [0.29, 0.717) is 30.9 Å². The smallest absolute Gasteiger partial charge is 0.414 e. The normalized spacial score (nSPS) is 21.6. The fourth-order valence-corrected chi connectivity index (χ4v) is 2.98. The summed E-state index contributed by atoms with van der Waals surface area (Å²) in [5.74, 6) is 0.658. The lowest BCUT2D eigenvalue weighted by molar-refractivity contribution is -0.119. The van der Waals surface area contributed by atoms with E-state index in [1.165, 1.54) is 4.90 Å². The first-order valence-electron chi connectivity index (χ1n) is 7.80. The molecule has 124 valence electrons. The molecule has 0 aliphatic carbocycles. The number of carbonyl (C=O) groups excluding carboxylic acids is 2. The maximum atomic E-state index is 12.1. The Kier molecular flexibility index (Phi) is 4.38. The van der Waals surface area contributed by atoms with Gasteiger partial charge in [0.2, 0.25) is 5.91 Å². The van der Waals surface area contributed by atoms with Crippen LogP contribution in [0.5, 0.6) is 5.75 Å². The van der Waals surface area contributed by atoms with Crippen LogP contribution >= 0.6 is 0 Å². The molecule has 23 heavy (non-hydrogen) atoms. The van der Waals surface area contributed by atoms with Gasteiger partial charge in [-0.3, -0.25) is 9.69 Å². The zero-order valence-corrected chi connectivity index (χ0v) is 13.2. The minimum atomic E-state index is -0.430. The average molecular weight is 319 g/mol. The first kappa shape index (κ1) is 15.6. The fraction of sp³-hybridized carbons (Fsp3) is 0.500. The number of amides is 2. The summed E-state index contributed by atoms with van der Waals surface area (Å²) in [5.41, 5.74) is 6.98. The molecule has 2 fully saturated rings.